The molecule has 206 valence electrons. The zero-order chi connectivity index (χ0) is 26.3. The maximum absolute atomic E-state index is 12.4. The highest BCUT2D eigenvalue weighted by Crippen LogP contribution is 2.14. The number of ether oxygens (including phenoxy) is 2. The molecule has 0 saturated heterocycles. The van der Waals surface area contributed by atoms with Gasteiger partial charge < -0.3 is 20.9 Å². The lowest BCUT2D eigenvalue weighted by atomic mass is 10.1. The van der Waals surface area contributed by atoms with Crippen molar-refractivity contribution in [2.24, 2.45) is 11.5 Å². The second kappa shape index (κ2) is 23.6. The molecule has 5 N–H and O–H groups in total. The molecular formula is C27H47N3O6. The number of carbonyl (C=O) groups is 4. The van der Waals surface area contributed by atoms with E-state index in [1.807, 2.05) is 0 Å². The smallest absolute Gasteiger partial charge is 0.339 e. The molecule has 4 amide bonds. The van der Waals surface area contributed by atoms with Gasteiger partial charge in [0.2, 0.25) is 0 Å². The summed E-state index contributed by atoms with van der Waals surface area (Å²) < 4.78 is 10.7. The molecule has 0 aliphatic carbocycles. The number of esters is 2. The van der Waals surface area contributed by atoms with Crippen molar-refractivity contribution in [3.63, 3.8) is 0 Å². The van der Waals surface area contributed by atoms with Crippen molar-refractivity contribution in [1.29, 1.82) is 0 Å². The molecule has 1 aromatic rings. The van der Waals surface area contributed by atoms with Crippen LogP contribution in [0, 0.1) is 0 Å². The Morgan fingerprint density at radius 2 is 0.972 bits per heavy atom. The SMILES string of the molecule is C.CCCCCCCCOC(=O)c1ccccc1C(=O)OCCCCCCCC.NC(=O)NC(N)=O. The minimum Gasteiger partial charge on any atom is -0.462 e. The van der Waals surface area contributed by atoms with Gasteiger partial charge in [-0.05, 0) is 25.0 Å². The first-order valence-corrected chi connectivity index (χ1v) is 12.6. The number of carbonyl (C=O) groups excluding carboxylic acids is 4. The van der Waals surface area contributed by atoms with Crippen molar-refractivity contribution in [2.45, 2.75) is 98.3 Å². The van der Waals surface area contributed by atoms with Crippen LogP contribution in [0.4, 0.5) is 9.59 Å². The second-order valence-electron chi connectivity index (χ2n) is 8.21. The Hall–Kier alpha value is -3.10. The van der Waals surface area contributed by atoms with E-state index in [0.29, 0.717) is 24.3 Å². The van der Waals surface area contributed by atoms with Gasteiger partial charge in [0, 0.05) is 0 Å². The number of hydrogen-bond donors (Lipinski definition) is 3. The third kappa shape index (κ3) is 19.2. The molecule has 1 rings (SSSR count). The van der Waals surface area contributed by atoms with Crippen LogP contribution in [0.2, 0.25) is 0 Å². The molecule has 0 atom stereocenters. The number of nitrogens with two attached hydrogens (primary N) is 2. The van der Waals surface area contributed by atoms with Gasteiger partial charge >= 0.3 is 24.0 Å². The van der Waals surface area contributed by atoms with Gasteiger partial charge in [0.25, 0.3) is 0 Å². The monoisotopic (exact) mass is 509 g/mol. The largest absolute Gasteiger partial charge is 0.462 e. The van der Waals surface area contributed by atoms with Crippen LogP contribution in [0.1, 0.15) is 119 Å². The van der Waals surface area contributed by atoms with E-state index >= 15 is 0 Å². The summed E-state index contributed by atoms with van der Waals surface area (Å²) in [5.41, 5.74) is 9.47. The van der Waals surface area contributed by atoms with E-state index in [0.717, 1.165) is 25.7 Å². The standard InChI is InChI=1S/C24H38O4.C2H5N3O2.CH4/c1-3-5-7-9-11-15-19-27-23(25)21-17-13-14-18-22(21)24(26)28-20-16-12-10-8-6-4-2;3-1(6)5-2(4)7;/h13-14,17-18H,3-12,15-16,19-20H2,1-2H3;(H5,3,4,5,6,7);1H4. The number of nitrogens with one attached hydrogen (secondary N) is 1. The molecule has 0 unspecified atom stereocenters. The van der Waals surface area contributed by atoms with Crippen molar-refractivity contribution in [3.05, 3.63) is 35.4 Å². The summed E-state index contributed by atoms with van der Waals surface area (Å²) in [6.07, 6.45) is 13.6. The molecule has 0 aliphatic heterocycles. The van der Waals surface area contributed by atoms with Gasteiger partial charge in [-0.1, -0.05) is 97.6 Å². The Morgan fingerprint density at radius 3 is 1.28 bits per heavy atom. The van der Waals surface area contributed by atoms with E-state index in [1.165, 1.54) is 51.4 Å². The minimum atomic E-state index is -0.938. The van der Waals surface area contributed by atoms with E-state index in [-0.39, 0.29) is 7.43 Å². The topological polar surface area (TPSA) is 151 Å². The number of primary amides is 2. The zero-order valence-electron chi connectivity index (χ0n) is 21.3. The Morgan fingerprint density at radius 1 is 0.639 bits per heavy atom. The van der Waals surface area contributed by atoms with Crippen LogP contribution < -0.4 is 16.8 Å². The van der Waals surface area contributed by atoms with Crippen LogP contribution in [0.25, 0.3) is 0 Å². The Kier molecular flexibility index (Phi) is 23.0. The second-order valence-corrected chi connectivity index (χ2v) is 8.21. The first-order valence-electron chi connectivity index (χ1n) is 12.6. The number of rotatable bonds is 16. The van der Waals surface area contributed by atoms with Crippen LogP contribution in [0.5, 0.6) is 0 Å². The highest BCUT2D eigenvalue weighted by Gasteiger charge is 2.18. The average Bonchev–Trinajstić information content (AvgIpc) is 2.82. The number of hydrogen-bond acceptors (Lipinski definition) is 6. The van der Waals surface area contributed by atoms with Gasteiger partial charge in [0.15, 0.2) is 0 Å². The molecule has 0 radical (unpaired) electrons. The van der Waals surface area contributed by atoms with Crippen LogP contribution in [-0.2, 0) is 9.47 Å². The number of imide groups is 1. The molecule has 0 bridgehead atoms. The molecule has 0 saturated carbocycles. The van der Waals surface area contributed by atoms with E-state index in [1.54, 1.807) is 29.6 Å². The van der Waals surface area contributed by atoms with Gasteiger partial charge in [0.1, 0.15) is 0 Å². The van der Waals surface area contributed by atoms with Gasteiger partial charge in [-0.3, -0.25) is 5.32 Å². The van der Waals surface area contributed by atoms with Crippen molar-refractivity contribution in [2.75, 3.05) is 13.2 Å². The van der Waals surface area contributed by atoms with Crippen molar-refractivity contribution < 1.29 is 28.7 Å². The fourth-order valence-corrected chi connectivity index (χ4v) is 3.21. The summed E-state index contributed by atoms with van der Waals surface area (Å²) in [5.74, 6) is -0.888. The number of benzene rings is 1. The van der Waals surface area contributed by atoms with E-state index in [4.69, 9.17) is 9.47 Å². The van der Waals surface area contributed by atoms with Gasteiger partial charge in [-0.15, -0.1) is 0 Å². The third-order valence-electron chi connectivity index (χ3n) is 5.08. The fraction of sp³-hybridized carbons (Fsp3) is 0.630. The summed E-state index contributed by atoms with van der Waals surface area (Å²) in [6.45, 7) is 5.17. The molecule has 0 aromatic heterocycles. The van der Waals surface area contributed by atoms with E-state index in [9.17, 15) is 19.2 Å². The van der Waals surface area contributed by atoms with Crippen molar-refractivity contribution >= 4 is 24.0 Å². The van der Waals surface area contributed by atoms with Crippen molar-refractivity contribution in [3.8, 4) is 0 Å². The molecule has 9 nitrogen and oxygen atoms in total. The van der Waals surface area contributed by atoms with Crippen LogP contribution >= 0.6 is 0 Å². The van der Waals surface area contributed by atoms with Gasteiger partial charge in [-0.2, -0.15) is 0 Å². The summed E-state index contributed by atoms with van der Waals surface area (Å²) >= 11 is 0. The molecular weight excluding hydrogens is 462 g/mol. The van der Waals surface area contributed by atoms with Gasteiger partial charge in [-0.25, -0.2) is 19.2 Å². The lowest BCUT2D eigenvalue weighted by molar-refractivity contribution is 0.0450. The van der Waals surface area contributed by atoms with Crippen LogP contribution in [0.3, 0.4) is 0 Å². The highest BCUT2D eigenvalue weighted by atomic mass is 16.5. The maximum atomic E-state index is 12.4. The van der Waals surface area contributed by atoms with Crippen LogP contribution in [0.15, 0.2) is 24.3 Å². The quantitative estimate of drug-likeness (QED) is 0.181. The molecule has 1 aromatic carbocycles. The molecule has 9 heteroatoms. The molecule has 0 heterocycles. The predicted molar refractivity (Wildman–Crippen MR) is 143 cm³/mol. The molecule has 0 aliphatic rings. The summed E-state index contributed by atoms with van der Waals surface area (Å²) in [6, 6.07) is 4.87. The normalized spacial score (nSPS) is 9.72. The summed E-state index contributed by atoms with van der Waals surface area (Å²) in [5, 5.41) is 1.58. The predicted octanol–water partition coefficient (Wildman–Crippen LogP) is 6.09. The number of amides is 4. The average molecular weight is 510 g/mol. The molecule has 0 spiro atoms. The summed E-state index contributed by atoms with van der Waals surface area (Å²) in [4.78, 5) is 43.9. The van der Waals surface area contributed by atoms with Gasteiger partial charge in [0.05, 0.1) is 24.3 Å². The number of urea groups is 2. The lowest BCUT2D eigenvalue weighted by Gasteiger charge is -2.10. The summed E-state index contributed by atoms with van der Waals surface area (Å²) in [7, 11) is 0. The first kappa shape index (κ1) is 35.1. The first-order chi connectivity index (χ1) is 16.8. The molecule has 0 fully saturated rings. The minimum absolute atomic E-state index is 0. The Labute approximate surface area is 216 Å². The fourth-order valence-electron chi connectivity index (χ4n) is 3.21. The Balaban J connectivity index is 0. The lowest BCUT2D eigenvalue weighted by Crippen LogP contribution is -2.38. The number of unbranched alkanes of at least 4 members (excludes halogenated alkanes) is 10. The van der Waals surface area contributed by atoms with Crippen molar-refractivity contribution in [1.82, 2.24) is 5.32 Å². The molecule has 36 heavy (non-hydrogen) atoms. The van der Waals surface area contributed by atoms with E-state index in [2.05, 4.69) is 25.3 Å². The Bertz CT molecular complexity index is 694. The zero-order valence-corrected chi connectivity index (χ0v) is 21.3. The highest BCUT2D eigenvalue weighted by molar-refractivity contribution is 6.03. The third-order valence-corrected chi connectivity index (χ3v) is 5.08. The van der Waals surface area contributed by atoms with E-state index < -0.39 is 24.0 Å². The van der Waals surface area contributed by atoms with Crippen LogP contribution in [-0.4, -0.2) is 37.2 Å². The maximum Gasteiger partial charge on any atom is 0.339 e.